The van der Waals surface area contributed by atoms with Gasteiger partial charge in [-0.25, -0.2) is 17.2 Å². The number of carbonyl (C=O) groups is 2. The summed E-state index contributed by atoms with van der Waals surface area (Å²) in [4.78, 5) is 28.9. The molecule has 0 fully saturated rings. The van der Waals surface area contributed by atoms with Gasteiger partial charge < -0.3 is 20.6 Å². The zero-order valence-electron chi connectivity index (χ0n) is 26.5. The number of sulfone groups is 1. The topological polar surface area (TPSA) is 116 Å². The zero-order chi connectivity index (χ0) is 33.1. The highest BCUT2D eigenvalue weighted by atomic mass is 32.2. The third-order valence-electron chi connectivity index (χ3n) is 7.68. The quantitative estimate of drug-likeness (QED) is 0.248. The van der Waals surface area contributed by atoms with E-state index < -0.39 is 45.4 Å². The Labute approximate surface area is 265 Å². The van der Waals surface area contributed by atoms with Crippen molar-refractivity contribution in [3.05, 3.63) is 88.5 Å². The van der Waals surface area contributed by atoms with Crippen molar-refractivity contribution in [3.8, 4) is 0 Å². The van der Waals surface area contributed by atoms with Gasteiger partial charge in [0.05, 0.1) is 28.7 Å². The monoisotopic (exact) mass is 645 g/mol. The lowest BCUT2D eigenvalue weighted by Crippen LogP contribution is -2.49. The summed E-state index contributed by atoms with van der Waals surface area (Å²) < 4.78 is 52.5. The zero-order valence-corrected chi connectivity index (χ0v) is 27.3. The summed E-state index contributed by atoms with van der Waals surface area (Å²) in [6.07, 6.45) is 4.27. The number of aliphatic hydroxyl groups excluding tert-OH is 1. The van der Waals surface area contributed by atoms with Crippen LogP contribution in [0.5, 0.6) is 0 Å². The Morgan fingerprint density at radius 2 is 1.69 bits per heavy atom. The summed E-state index contributed by atoms with van der Waals surface area (Å²) in [7, 11) is -3.39. The minimum Gasteiger partial charge on any atom is -0.390 e. The number of aliphatic hydroxyl groups is 1. The number of hydrogen-bond acceptors (Lipinski definition) is 6. The van der Waals surface area contributed by atoms with Gasteiger partial charge in [0.2, 0.25) is 5.91 Å². The van der Waals surface area contributed by atoms with E-state index in [4.69, 9.17) is 0 Å². The van der Waals surface area contributed by atoms with Crippen LogP contribution in [-0.2, 0) is 32.4 Å². The highest BCUT2D eigenvalue weighted by molar-refractivity contribution is 7.91. The molecule has 1 aliphatic carbocycles. The number of hydrogen-bond donors (Lipinski definition) is 3. The second-order valence-electron chi connectivity index (χ2n) is 11.6. The molecule has 0 bridgehead atoms. The molecular formula is C34H45F2N3O5S. The van der Waals surface area contributed by atoms with Gasteiger partial charge in [-0.15, -0.1) is 0 Å². The fourth-order valence-electron chi connectivity index (χ4n) is 5.44. The molecule has 3 atom stereocenters. The van der Waals surface area contributed by atoms with E-state index in [1.807, 2.05) is 25.7 Å². The Bertz CT molecular complexity index is 1480. The Morgan fingerprint density at radius 3 is 2.31 bits per heavy atom. The van der Waals surface area contributed by atoms with Crippen LogP contribution in [0.25, 0.3) is 0 Å². The molecule has 0 heterocycles. The molecule has 2 amide bonds. The van der Waals surface area contributed by atoms with Gasteiger partial charge in [-0.05, 0) is 68.0 Å². The molecule has 0 aromatic heterocycles. The van der Waals surface area contributed by atoms with Crippen molar-refractivity contribution in [1.82, 2.24) is 15.5 Å². The van der Waals surface area contributed by atoms with Crippen LogP contribution in [-0.4, -0.2) is 67.8 Å². The standard InChI is InChI=1S/C34H45F2N3O5S/c1-5-11-39(12-6-2)34(42)27-14-23(4)13-26(19-27)33(41)38-31(18-25-15-28(35)20-29(36)16-25)32(40)22-37-21-24-9-8-10-30(17-24)45(43,44)7-3/h8-10,13,15-17,19-20,27,31-32,37,40H,5-7,11-12,14,18,21-22H2,1-4H3,(H,38,41). The van der Waals surface area contributed by atoms with Crippen LogP contribution in [0.3, 0.4) is 0 Å². The molecule has 3 unspecified atom stereocenters. The molecule has 3 rings (SSSR count). The van der Waals surface area contributed by atoms with Crippen LogP contribution in [0.1, 0.15) is 58.1 Å². The first-order valence-electron chi connectivity index (χ1n) is 15.5. The number of halogens is 2. The Kier molecular flexibility index (Phi) is 13.4. The van der Waals surface area contributed by atoms with Crippen molar-refractivity contribution < 1.29 is 31.9 Å². The second kappa shape index (κ2) is 16.8. The van der Waals surface area contributed by atoms with Gasteiger partial charge in [0.15, 0.2) is 9.84 Å². The molecule has 3 N–H and O–H groups in total. The maximum atomic E-state index is 14.0. The Morgan fingerprint density at radius 1 is 1.02 bits per heavy atom. The lowest BCUT2D eigenvalue weighted by Gasteiger charge is -2.29. The first-order chi connectivity index (χ1) is 21.4. The average Bonchev–Trinajstić information content (AvgIpc) is 2.99. The summed E-state index contributed by atoms with van der Waals surface area (Å²) >= 11 is 0. The van der Waals surface area contributed by atoms with Crippen molar-refractivity contribution >= 4 is 21.7 Å². The molecule has 2 aromatic rings. The fourth-order valence-corrected chi connectivity index (χ4v) is 6.39. The molecule has 11 heteroatoms. The summed E-state index contributed by atoms with van der Waals surface area (Å²) in [5, 5.41) is 17.1. The first kappa shape index (κ1) is 36.1. The molecule has 2 aromatic carbocycles. The van der Waals surface area contributed by atoms with E-state index in [1.54, 1.807) is 37.3 Å². The molecule has 246 valence electrons. The SMILES string of the molecule is CCCN(CCC)C(=O)C1C=C(C(=O)NC(Cc2cc(F)cc(F)c2)C(O)CNCc2cccc(S(=O)(=O)CC)c2)C=C(C)C1. The molecule has 0 aliphatic heterocycles. The molecular weight excluding hydrogens is 600 g/mol. The maximum Gasteiger partial charge on any atom is 0.251 e. The Balaban J connectivity index is 1.79. The van der Waals surface area contributed by atoms with Crippen LogP contribution in [0.4, 0.5) is 8.78 Å². The van der Waals surface area contributed by atoms with Crippen LogP contribution >= 0.6 is 0 Å². The van der Waals surface area contributed by atoms with E-state index in [1.165, 1.54) is 6.07 Å². The van der Waals surface area contributed by atoms with Crippen LogP contribution in [0.15, 0.2) is 70.7 Å². The minimum absolute atomic E-state index is 0.00841. The molecule has 45 heavy (non-hydrogen) atoms. The number of rotatable bonds is 16. The molecule has 1 aliphatic rings. The number of allylic oxidation sites excluding steroid dienone is 1. The normalized spacial score (nSPS) is 16.4. The molecule has 0 spiro atoms. The Hall–Kier alpha value is -3.41. The number of amides is 2. The molecule has 0 saturated heterocycles. The van der Waals surface area contributed by atoms with Gasteiger partial charge in [-0.2, -0.15) is 0 Å². The van der Waals surface area contributed by atoms with Gasteiger partial charge in [0, 0.05) is 37.8 Å². The average molecular weight is 646 g/mol. The van der Waals surface area contributed by atoms with Crippen molar-refractivity contribution in [2.45, 2.75) is 77.0 Å². The predicted molar refractivity (Wildman–Crippen MR) is 171 cm³/mol. The van der Waals surface area contributed by atoms with Crippen molar-refractivity contribution in [2.24, 2.45) is 5.92 Å². The number of nitrogens with zero attached hydrogens (tertiary/aromatic N) is 1. The summed E-state index contributed by atoms with van der Waals surface area (Å²) in [6.45, 7) is 8.94. The molecule has 8 nitrogen and oxygen atoms in total. The van der Waals surface area contributed by atoms with E-state index in [0.717, 1.165) is 36.6 Å². The fraction of sp³-hybridized carbons (Fsp3) is 0.471. The van der Waals surface area contributed by atoms with Crippen molar-refractivity contribution in [2.75, 3.05) is 25.4 Å². The third kappa shape index (κ3) is 10.6. The molecule has 0 saturated carbocycles. The van der Waals surface area contributed by atoms with Gasteiger partial charge in [-0.1, -0.05) is 50.6 Å². The van der Waals surface area contributed by atoms with Gasteiger partial charge in [0.1, 0.15) is 11.6 Å². The summed E-state index contributed by atoms with van der Waals surface area (Å²) in [5.74, 6) is -2.62. The maximum absolute atomic E-state index is 14.0. The van der Waals surface area contributed by atoms with E-state index in [9.17, 15) is 31.9 Å². The first-order valence-corrected chi connectivity index (χ1v) is 17.2. The van der Waals surface area contributed by atoms with Gasteiger partial charge in [-0.3, -0.25) is 9.59 Å². The van der Waals surface area contributed by atoms with Gasteiger partial charge in [0.25, 0.3) is 5.91 Å². The highest BCUT2D eigenvalue weighted by Crippen LogP contribution is 2.25. The van der Waals surface area contributed by atoms with Crippen LogP contribution < -0.4 is 10.6 Å². The van der Waals surface area contributed by atoms with Crippen molar-refractivity contribution in [1.29, 1.82) is 0 Å². The number of benzene rings is 2. The van der Waals surface area contributed by atoms with E-state index in [-0.39, 0.29) is 47.2 Å². The largest absolute Gasteiger partial charge is 0.390 e. The van der Waals surface area contributed by atoms with Crippen LogP contribution in [0, 0.1) is 17.6 Å². The lowest BCUT2D eigenvalue weighted by molar-refractivity contribution is -0.134. The van der Waals surface area contributed by atoms with Gasteiger partial charge >= 0.3 is 0 Å². The second-order valence-corrected chi connectivity index (χ2v) is 13.8. The minimum atomic E-state index is -3.39. The van der Waals surface area contributed by atoms with E-state index in [2.05, 4.69) is 10.6 Å². The van der Waals surface area contributed by atoms with Crippen molar-refractivity contribution in [3.63, 3.8) is 0 Å². The predicted octanol–water partition coefficient (Wildman–Crippen LogP) is 4.48. The highest BCUT2D eigenvalue weighted by Gasteiger charge is 2.29. The van der Waals surface area contributed by atoms with Crippen LogP contribution in [0.2, 0.25) is 0 Å². The summed E-state index contributed by atoms with van der Waals surface area (Å²) in [6, 6.07) is 8.60. The number of nitrogens with one attached hydrogen (secondary N) is 2. The van der Waals surface area contributed by atoms with E-state index in [0.29, 0.717) is 25.1 Å². The summed E-state index contributed by atoms with van der Waals surface area (Å²) in [5.41, 5.74) is 2.09. The lowest BCUT2D eigenvalue weighted by atomic mass is 9.89. The third-order valence-corrected chi connectivity index (χ3v) is 9.41. The van der Waals surface area contributed by atoms with E-state index >= 15 is 0 Å². The molecule has 0 radical (unpaired) electrons. The smallest absolute Gasteiger partial charge is 0.251 e. The number of carbonyl (C=O) groups excluding carboxylic acids is 2.